The summed E-state index contributed by atoms with van der Waals surface area (Å²) in [4.78, 5) is 8.62. The SMILES string of the molecule is CCOc1ccccc1CCNc1ncnc2ccccc12. The number of fused-ring (bicyclic) bond motifs is 1. The van der Waals surface area contributed by atoms with Crippen LogP contribution in [0.15, 0.2) is 54.9 Å². The first-order valence-electron chi connectivity index (χ1n) is 7.53. The minimum atomic E-state index is 0.682. The van der Waals surface area contributed by atoms with E-state index < -0.39 is 0 Å². The predicted molar refractivity (Wildman–Crippen MR) is 89.3 cm³/mol. The van der Waals surface area contributed by atoms with Gasteiger partial charge in [0.15, 0.2) is 0 Å². The van der Waals surface area contributed by atoms with Crippen molar-refractivity contribution in [2.45, 2.75) is 13.3 Å². The maximum absolute atomic E-state index is 5.66. The van der Waals surface area contributed by atoms with E-state index in [9.17, 15) is 0 Å². The van der Waals surface area contributed by atoms with E-state index in [4.69, 9.17) is 4.74 Å². The van der Waals surface area contributed by atoms with Crippen molar-refractivity contribution in [3.63, 3.8) is 0 Å². The first-order chi connectivity index (χ1) is 10.9. The summed E-state index contributed by atoms with van der Waals surface area (Å²) in [5.41, 5.74) is 2.16. The molecule has 0 unspecified atom stereocenters. The van der Waals surface area contributed by atoms with Crippen molar-refractivity contribution in [3.05, 3.63) is 60.4 Å². The number of ether oxygens (including phenoxy) is 1. The fraction of sp³-hybridized carbons (Fsp3) is 0.222. The van der Waals surface area contributed by atoms with E-state index in [-0.39, 0.29) is 0 Å². The summed E-state index contributed by atoms with van der Waals surface area (Å²) in [5, 5.41) is 4.44. The van der Waals surface area contributed by atoms with Gasteiger partial charge in [-0.2, -0.15) is 0 Å². The van der Waals surface area contributed by atoms with Gasteiger partial charge in [0.2, 0.25) is 0 Å². The Morgan fingerprint density at radius 3 is 2.73 bits per heavy atom. The molecule has 0 aliphatic heterocycles. The third-order valence-electron chi connectivity index (χ3n) is 3.50. The lowest BCUT2D eigenvalue weighted by molar-refractivity contribution is 0.336. The van der Waals surface area contributed by atoms with Crippen molar-refractivity contribution in [3.8, 4) is 5.75 Å². The molecule has 1 N–H and O–H groups in total. The van der Waals surface area contributed by atoms with Crippen molar-refractivity contribution < 1.29 is 4.74 Å². The fourth-order valence-electron chi connectivity index (χ4n) is 2.47. The minimum absolute atomic E-state index is 0.682. The molecule has 4 nitrogen and oxygen atoms in total. The number of rotatable bonds is 6. The monoisotopic (exact) mass is 293 g/mol. The molecule has 0 atom stereocenters. The zero-order valence-electron chi connectivity index (χ0n) is 12.6. The summed E-state index contributed by atoms with van der Waals surface area (Å²) in [6.45, 7) is 3.48. The first kappa shape index (κ1) is 14.3. The summed E-state index contributed by atoms with van der Waals surface area (Å²) < 4.78 is 5.66. The Hall–Kier alpha value is -2.62. The smallest absolute Gasteiger partial charge is 0.137 e. The van der Waals surface area contributed by atoms with Crippen LogP contribution in [0.25, 0.3) is 10.9 Å². The maximum atomic E-state index is 5.66. The lowest BCUT2D eigenvalue weighted by Crippen LogP contribution is -2.08. The van der Waals surface area contributed by atoms with Gasteiger partial charge in [0.05, 0.1) is 12.1 Å². The van der Waals surface area contributed by atoms with Gasteiger partial charge in [-0.25, -0.2) is 9.97 Å². The van der Waals surface area contributed by atoms with Gasteiger partial charge >= 0.3 is 0 Å². The van der Waals surface area contributed by atoms with Crippen LogP contribution in [0.3, 0.4) is 0 Å². The summed E-state index contributed by atoms with van der Waals surface area (Å²) in [5.74, 6) is 1.83. The van der Waals surface area contributed by atoms with E-state index in [2.05, 4.69) is 21.4 Å². The van der Waals surface area contributed by atoms with Gasteiger partial charge in [0.1, 0.15) is 17.9 Å². The van der Waals surface area contributed by atoms with Crippen molar-refractivity contribution in [1.29, 1.82) is 0 Å². The first-order valence-corrected chi connectivity index (χ1v) is 7.53. The van der Waals surface area contributed by atoms with Crippen LogP contribution in [0.2, 0.25) is 0 Å². The van der Waals surface area contributed by atoms with Gasteiger partial charge in [-0.3, -0.25) is 0 Å². The number of para-hydroxylation sites is 2. The molecule has 3 aromatic rings. The third-order valence-corrected chi connectivity index (χ3v) is 3.50. The zero-order valence-corrected chi connectivity index (χ0v) is 12.6. The Morgan fingerprint density at radius 1 is 1.00 bits per heavy atom. The van der Waals surface area contributed by atoms with Crippen LogP contribution < -0.4 is 10.1 Å². The van der Waals surface area contributed by atoms with Crippen LogP contribution in [0.1, 0.15) is 12.5 Å². The molecular formula is C18H19N3O. The average Bonchev–Trinajstić information content (AvgIpc) is 2.57. The lowest BCUT2D eigenvalue weighted by atomic mass is 10.1. The number of benzene rings is 2. The molecular weight excluding hydrogens is 274 g/mol. The highest BCUT2D eigenvalue weighted by atomic mass is 16.5. The second-order valence-corrected chi connectivity index (χ2v) is 4.96. The largest absolute Gasteiger partial charge is 0.494 e. The molecule has 112 valence electrons. The molecule has 1 heterocycles. The highest BCUT2D eigenvalue weighted by Crippen LogP contribution is 2.20. The van der Waals surface area contributed by atoms with Gasteiger partial charge in [0, 0.05) is 11.9 Å². The predicted octanol–water partition coefficient (Wildman–Crippen LogP) is 3.68. The molecule has 1 aromatic heterocycles. The van der Waals surface area contributed by atoms with Crippen LogP contribution >= 0.6 is 0 Å². The topological polar surface area (TPSA) is 47.0 Å². The van der Waals surface area contributed by atoms with Crippen molar-refractivity contribution in [2.24, 2.45) is 0 Å². The van der Waals surface area contributed by atoms with E-state index in [1.54, 1.807) is 6.33 Å². The molecule has 0 saturated carbocycles. The van der Waals surface area contributed by atoms with E-state index in [1.165, 1.54) is 5.56 Å². The molecule has 0 aliphatic carbocycles. The number of nitrogens with zero attached hydrogens (tertiary/aromatic N) is 2. The van der Waals surface area contributed by atoms with Gasteiger partial charge in [-0.05, 0) is 37.1 Å². The van der Waals surface area contributed by atoms with Gasteiger partial charge < -0.3 is 10.1 Å². The molecule has 2 aromatic carbocycles. The summed E-state index contributed by atoms with van der Waals surface area (Å²) >= 11 is 0. The Bertz CT molecular complexity index is 753. The molecule has 0 spiro atoms. The minimum Gasteiger partial charge on any atom is -0.494 e. The Balaban J connectivity index is 1.70. The zero-order chi connectivity index (χ0) is 15.2. The second-order valence-electron chi connectivity index (χ2n) is 4.96. The maximum Gasteiger partial charge on any atom is 0.137 e. The highest BCUT2D eigenvalue weighted by Gasteiger charge is 2.04. The summed E-state index contributed by atoms with van der Waals surface area (Å²) in [6.07, 6.45) is 2.48. The fourth-order valence-corrected chi connectivity index (χ4v) is 2.47. The van der Waals surface area contributed by atoms with Crippen LogP contribution in [-0.2, 0) is 6.42 Å². The van der Waals surface area contributed by atoms with Crippen molar-refractivity contribution >= 4 is 16.7 Å². The van der Waals surface area contributed by atoms with Crippen LogP contribution in [0.4, 0.5) is 5.82 Å². The van der Waals surface area contributed by atoms with Crippen molar-refractivity contribution in [1.82, 2.24) is 9.97 Å². The number of aromatic nitrogens is 2. The van der Waals surface area contributed by atoms with Crippen molar-refractivity contribution in [2.75, 3.05) is 18.5 Å². The van der Waals surface area contributed by atoms with Crippen LogP contribution in [0, 0.1) is 0 Å². The average molecular weight is 293 g/mol. The molecule has 0 bridgehead atoms. The Morgan fingerprint density at radius 2 is 1.82 bits per heavy atom. The molecule has 0 saturated heterocycles. The van der Waals surface area contributed by atoms with E-state index >= 15 is 0 Å². The Labute approximate surface area is 130 Å². The van der Waals surface area contributed by atoms with Gasteiger partial charge in [0.25, 0.3) is 0 Å². The molecule has 0 amide bonds. The molecule has 22 heavy (non-hydrogen) atoms. The normalized spacial score (nSPS) is 10.6. The number of hydrogen-bond donors (Lipinski definition) is 1. The number of hydrogen-bond acceptors (Lipinski definition) is 4. The number of anilines is 1. The molecule has 0 radical (unpaired) electrons. The molecule has 0 aliphatic rings. The number of nitrogens with one attached hydrogen (secondary N) is 1. The van der Waals surface area contributed by atoms with E-state index in [0.717, 1.165) is 35.4 Å². The summed E-state index contributed by atoms with van der Waals surface area (Å²) in [7, 11) is 0. The molecule has 4 heteroatoms. The van der Waals surface area contributed by atoms with Crippen LogP contribution in [0.5, 0.6) is 5.75 Å². The van der Waals surface area contributed by atoms with E-state index in [1.807, 2.05) is 49.4 Å². The third kappa shape index (κ3) is 3.17. The standard InChI is InChI=1S/C18H19N3O/c1-2-22-17-10-6-3-7-14(17)11-12-19-18-15-8-4-5-9-16(15)20-13-21-18/h3-10,13H,2,11-12H2,1H3,(H,19,20,21). The Kier molecular flexibility index (Phi) is 4.49. The van der Waals surface area contributed by atoms with Gasteiger partial charge in [-0.15, -0.1) is 0 Å². The van der Waals surface area contributed by atoms with E-state index in [0.29, 0.717) is 6.61 Å². The van der Waals surface area contributed by atoms with Gasteiger partial charge in [-0.1, -0.05) is 30.3 Å². The highest BCUT2D eigenvalue weighted by molar-refractivity contribution is 5.88. The molecule has 3 rings (SSSR count). The quantitative estimate of drug-likeness (QED) is 0.753. The molecule has 0 fully saturated rings. The lowest BCUT2D eigenvalue weighted by Gasteiger charge is -2.11. The summed E-state index contributed by atoms with van der Waals surface area (Å²) in [6, 6.07) is 16.2. The second kappa shape index (κ2) is 6.89. The van der Waals surface area contributed by atoms with Crippen LogP contribution in [-0.4, -0.2) is 23.1 Å².